The number of hydrogen-bond donors (Lipinski definition) is 0. The van der Waals surface area contributed by atoms with Crippen LogP contribution < -0.4 is 4.90 Å². The van der Waals surface area contributed by atoms with Crippen molar-refractivity contribution < 1.29 is 4.42 Å². The summed E-state index contributed by atoms with van der Waals surface area (Å²) in [4.78, 5) is 2.35. The first kappa shape index (κ1) is 38.9. The predicted molar refractivity (Wildman–Crippen MR) is 279 cm³/mol. The Hall–Kier alpha value is -8.72. The van der Waals surface area contributed by atoms with Crippen LogP contribution in [0.3, 0.4) is 0 Å². The average Bonchev–Trinajstić information content (AvgIpc) is 3.77. The maximum atomic E-state index is 6.28. The topological polar surface area (TPSA) is 16.4 Å². The highest BCUT2D eigenvalue weighted by molar-refractivity contribution is 6.07. The van der Waals surface area contributed by atoms with E-state index in [0.29, 0.717) is 0 Å². The molecule has 66 heavy (non-hydrogen) atoms. The third kappa shape index (κ3) is 7.12. The molecule has 2 heteroatoms. The minimum atomic E-state index is 0.876. The largest absolute Gasteiger partial charge is 0.456 e. The van der Waals surface area contributed by atoms with E-state index < -0.39 is 0 Å². The lowest BCUT2D eigenvalue weighted by atomic mass is 9.87. The van der Waals surface area contributed by atoms with E-state index in [0.717, 1.165) is 50.1 Å². The van der Waals surface area contributed by atoms with Crippen molar-refractivity contribution >= 4 is 49.8 Å². The highest BCUT2D eigenvalue weighted by atomic mass is 16.3. The Labute approximate surface area is 384 Å². The molecule has 12 aromatic rings. The summed E-state index contributed by atoms with van der Waals surface area (Å²) in [7, 11) is 0. The van der Waals surface area contributed by atoms with Gasteiger partial charge in [-0.2, -0.15) is 0 Å². The summed E-state index contributed by atoms with van der Waals surface area (Å²) in [5.41, 5.74) is 19.3. The lowest BCUT2D eigenvalue weighted by Crippen LogP contribution is -2.09. The number of hydrogen-bond acceptors (Lipinski definition) is 2. The molecule has 0 atom stereocenters. The Morgan fingerprint density at radius 3 is 1.26 bits per heavy atom. The van der Waals surface area contributed by atoms with Gasteiger partial charge in [0.05, 0.1) is 0 Å². The van der Waals surface area contributed by atoms with Crippen LogP contribution >= 0.6 is 0 Å². The van der Waals surface area contributed by atoms with Crippen molar-refractivity contribution in [2.75, 3.05) is 4.90 Å². The maximum absolute atomic E-state index is 6.28. The van der Waals surface area contributed by atoms with E-state index in [9.17, 15) is 0 Å². The molecule has 11 aromatic carbocycles. The molecule has 310 valence electrons. The second-order valence-corrected chi connectivity index (χ2v) is 16.8. The fourth-order valence-corrected chi connectivity index (χ4v) is 9.72. The van der Waals surface area contributed by atoms with E-state index >= 15 is 0 Å². The van der Waals surface area contributed by atoms with Gasteiger partial charge in [0.2, 0.25) is 0 Å². The zero-order valence-electron chi connectivity index (χ0n) is 36.2. The Kier molecular flexibility index (Phi) is 9.89. The molecule has 0 spiro atoms. The maximum Gasteiger partial charge on any atom is 0.135 e. The van der Waals surface area contributed by atoms with Gasteiger partial charge in [-0.15, -0.1) is 0 Å². The first-order valence-electron chi connectivity index (χ1n) is 22.6. The zero-order valence-corrected chi connectivity index (χ0v) is 36.2. The highest BCUT2D eigenvalue weighted by Crippen LogP contribution is 2.44. The molecule has 0 bridgehead atoms. The number of nitrogens with zero attached hydrogens (tertiary/aromatic N) is 1. The molecule has 1 aromatic heterocycles. The van der Waals surface area contributed by atoms with Crippen molar-refractivity contribution in [3.8, 4) is 66.8 Å². The van der Waals surface area contributed by atoms with Gasteiger partial charge >= 0.3 is 0 Å². The van der Waals surface area contributed by atoms with Crippen LogP contribution in [0, 0.1) is 0 Å². The molecule has 0 fully saturated rings. The van der Waals surface area contributed by atoms with Gasteiger partial charge < -0.3 is 9.32 Å². The van der Waals surface area contributed by atoms with Crippen molar-refractivity contribution in [1.29, 1.82) is 0 Å². The molecule has 0 unspecified atom stereocenters. The van der Waals surface area contributed by atoms with Gasteiger partial charge in [0, 0.05) is 27.8 Å². The van der Waals surface area contributed by atoms with Crippen LogP contribution in [0.5, 0.6) is 0 Å². The summed E-state index contributed by atoms with van der Waals surface area (Å²) in [6, 6.07) is 93.8. The van der Waals surface area contributed by atoms with Crippen molar-refractivity contribution in [1.82, 2.24) is 0 Å². The van der Waals surface area contributed by atoms with Crippen molar-refractivity contribution in [3.05, 3.63) is 261 Å². The number of anilines is 3. The third-order valence-corrected chi connectivity index (χ3v) is 12.9. The molecule has 0 N–H and O–H groups in total. The lowest BCUT2D eigenvalue weighted by molar-refractivity contribution is 0.669. The summed E-state index contributed by atoms with van der Waals surface area (Å²) in [5, 5.41) is 4.72. The van der Waals surface area contributed by atoms with E-state index in [4.69, 9.17) is 4.42 Å². The van der Waals surface area contributed by atoms with Crippen LogP contribution in [0.2, 0.25) is 0 Å². The van der Waals surface area contributed by atoms with Gasteiger partial charge in [-0.05, 0) is 126 Å². The van der Waals surface area contributed by atoms with E-state index in [1.165, 1.54) is 66.4 Å². The Balaban J connectivity index is 0.916. The van der Waals surface area contributed by atoms with E-state index in [1.807, 2.05) is 12.1 Å². The summed E-state index contributed by atoms with van der Waals surface area (Å²) >= 11 is 0. The fourth-order valence-electron chi connectivity index (χ4n) is 9.72. The normalized spacial score (nSPS) is 11.3. The third-order valence-electron chi connectivity index (χ3n) is 12.9. The molecule has 0 radical (unpaired) electrons. The number of rotatable bonds is 9. The van der Waals surface area contributed by atoms with E-state index in [-0.39, 0.29) is 0 Å². The average molecular weight is 842 g/mol. The summed E-state index contributed by atoms with van der Waals surface area (Å²) in [6.07, 6.45) is 0. The van der Waals surface area contributed by atoms with Crippen LogP contribution in [-0.4, -0.2) is 0 Å². The summed E-state index contributed by atoms with van der Waals surface area (Å²) < 4.78 is 6.28. The van der Waals surface area contributed by atoms with Crippen molar-refractivity contribution in [2.45, 2.75) is 0 Å². The second kappa shape index (κ2) is 16.8. The first-order valence-corrected chi connectivity index (χ1v) is 22.6. The van der Waals surface area contributed by atoms with Gasteiger partial charge in [-0.3, -0.25) is 0 Å². The van der Waals surface area contributed by atoms with E-state index in [1.54, 1.807) is 0 Å². The zero-order chi connectivity index (χ0) is 43.8. The van der Waals surface area contributed by atoms with Crippen LogP contribution in [0.25, 0.3) is 99.5 Å². The number of fused-ring (bicyclic) bond motifs is 4. The standard InChI is InChI=1S/C64H43NO/c1-2-15-46(16-3-1)55-20-6-8-22-57(55)59-24-10-11-25-60(59)58-23-9-7-21-56(58)49-35-39-51(40-36-49)65(52-41-42-64-62(43-52)61-26-12-13-28-63(61)66-64)50-37-33-45(34-38-50)44-29-31-48(32-30-44)54-27-14-18-47-17-4-5-19-53(47)54/h1-43H. The second-order valence-electron chi connectivity index (χ2n) is 16.8. The van der Waals surface area contributed by atoms with Crippen LogP contribution in [-0.2, 0) is 0 Å². The SMILES string of the molecule is c1ccc(-c2ccccc2-c2ccccc2-c2ccccc2-c2ccc(N(c3ccc(-c4ccc(-c5cccc6ccccc56)cc4)cc3)c3ccc4oc5ccccc5c4c3)cc2)cc1. The number of furan rings is 1. The molecular formula is C64H43NO. The number of para-hydroxylation sites is 1. The molecule has 0 saturated heterocycles. The number of benzene rings is 11. The van der Waals surface area contributed by atoms with Gasteiger partial charge in [0.15, 0.2) is 0 Å². The summed E-state index contributed by atoms with van der Waals surface area (Å²) in [6.45, 7) is 0. The monoisotopic (exact) mass is 841 g/mol. The first-order chi connectivity index (χ1) is 32.7. The fraction of sp³-hybridized carbons (Fsp3) is 0. The molecule has 0 amide bonds. The molecule has 12 rings (SSSR count). The summed E-state index contributed by atoms with van der Waals surface area (Å²) in [5.74, 6) is 0. The molecule has 0 aliphatic heterocycles. The van der Waals surface area contributed by atoms with E-state index in [2.05, 4.69) is 254 Å². The van der Waals surface area contributed by atoms with Crippen LogP contribution in [0.15, 0.2) is 265 Å². The molecule has 0 aliphatic carbocycles. The predicted octanol–water partition coefficient (Wildman–Crippen LogP) is 18.2. The Morgan fingerprint density at radius 2 is 0.621 bits per heavy atom. The van der Waals surface area contributed by atoms with Crippen LogP contribution in [0.1, 0.15) is 0 Å². The minimum absolute atomic E-state index is 0.876. The molecule has 0 aliphatic rings. The molecule has 1 heterocycles. The Morgan fingerprint density at radius 1 is 0.227 bits per heavy atom. The molecule has 0 saturated carbocycles. The van der Waals surface area contributed by atoms with Gasteiger partial charge in [-0.1, -0.05) is 212 Å². The van der Waals surface area contributed by atoms with Gasteiger partial charge in [0.25, 0.3) is 0 Å². The quantitative estimate of drug-likeness (QED) is 0.144. The minimum Gasteiger partial charge on any atom is -0.456 e. The van der Waals surface area contributed by atoms with Gasteiger partial charge in [-0.25, -0.2) is 0 Å². The highest BCUT2D eigenvalue weighted by Gasteiger charge is 2.19. The molecular weight excluding hydrogens is 799 g/mol. The van der Waals surface area contributed by atoms with Crippen molar-refractivity contribution in [2.24, 2.45) is 0 Å². The van der Waals surface area contributed by atoms with Crippen LogP contribution in [0.4, 0.5) is 17.1 Å². The molecule has 2 nitrogen and oxygen atoms in total. The van der Waals surface area contributed by atoms with Crippen molar-refractivity contribution in [3.63, 3.8) is 0 Å². The lowest BCUT2D eigenvalue weighted by Gasteiger charge is -2.26. The smallest absolute Gasteiger partial charge is 0.135 e. The Bertz CT molecular complexity index is 3670. The van der Waals surface area contributed by atoms with Gasteiger partial charge in [0.1, 0.15) is 11.2 Å².